The molecule has 0 bridgehead atoms. The average molecular weight is 562 g/mol. The van der Waals surface area contributed by atoms with Crippen molar-refractivity contribution in [1.29, 1.82) is 0 Å². The molecule has 0 unspecified atom stereocenters. The molecule has 1 heterocycles. The summed E-state index contributed by atoms with van der Waals surface area (Å²) in [5.74, 6) is -2.21. The van der Waals surface area contributed by atoms with Crippen LogP contribution in [0.1, 0.15) is 33.5 Å². The van der Waals surface area contributed by atoms with E-state index in [-0.39, 0.29) is 27.1 Å². The Labute approximate surface area is 229 Å². The van der Waals surface area contributed by atoms with Crippen molar-refractivity contribution in [3.8, 4) is 0 Å². The van der Waals surface area contributed by atoms with Crippen LogP contribution in [0.5, 0.6) is 0 Å². The lowest BCUT2D eigenvalue weighted by Crippen LogP contribution is -2.42. The van der Waals surface area contributed by atoms with Gasteiger partial charge in [0.2, 0.25) is 0 Å². The quantitative estimate of drug-likeness (QED) is 0.329. The lowest BCUT2D eigenvalue weighted by atomic mass is 9.96. The summed E-state index contributed by atoms with van der Waals surface area (Å²) in [5, 5.41) is 12.6. The number of hydrogen-bond donors (Lipinski definition) is 2. The summed E-state index contributed by atoms with van der Waals surface area (Å²) in [6, 6.07) is 16.0. The minimum absolute atomic E-state index is 0.0466. The van der Waals surface area contributed by atoms with Crippen molar-refractivity contribution in [3.05, 3.63) is 110 Å². The molecule has 0 fully saturated rings. The standard InChI is InChI=1S/C28H24Cl3FN2O3/c29-21-4-2-5-22(30)25(21)27(35)33-24(28(36)37)15-17-7-9-18(10-8-17)19-11-13-34(14-12-19)16-20-3-1-6-23(32)26(20)31/h1-11,24H,12-16H2,(H,33,35)(H,36,37)/t24-/m0/s1. The molecule has 4 rings (SSSR count). The van der Waals surface area contributed by atoms with Crippen LogP contribution >= 0.6 is 34.8 Å². The first-order valence-corrected chi connectivity index (χ1v) is 12.8. The Morgan fingerprint density at radius 2 is 1.68 bits per heavy atom. The lowest BCUT2D eigenvalue weighted by Gasteiger charge is -2.27. The molecule has 1 aliphatic rings. The highest BCUT2D eigenvalue weighted by molar-refractivity contribution is 6.39. The fourth-order valence-electron chi connectivity index (χ4n) is 4.26. The molecule has 1 amide bonds. The Kier molecular flexibility index (Phi) is 8.87. The van der Waals surface area contributed by atoms with Gasteiger partial charge in [-0.3, -0.25) is 9.69 Å². The Bertz CT molecular complexity index is 1320. The van der Waals surface area contributed by atoms with Crippen molar-refractivity contribution in [3.63, 3.8) is 0 Å². The molecule has 3 aromatic rings. The number of benzene rings is 3. The van der Waals surface area contributed by atoms with Crippen LogP contribution in [0.25, 0.3) is 5.57 Å². The van der Waals surface area contributed by atoms with Gasteiger partial charge in [-0.25, -0.2) is 9.18 Å². The number of nitrogens with zero attached hydrogens (tertiary/aromatic N) is 1. The Morgan fingerprint density at radius 3 is 2.30 bits per heavy atom. The van der Waals surface area contributed by atoms with E-state index in [4.69, 9.17) is 34.8 Å². The zero-order valence-electron chi connectivity index (χ0n) is 19.7. The maximum Gasteiger partial charge on any atom is 0.326 e. The van der Waals surface area contributed by atoms with Gasteiger partial charge in [-0.2, -0.15) is 0 Å². The molecule has 0 aromatic heterocycles. The summed E-state index contributed by atoms with van der Waals surface area (Å²) >= 11 is 18.3. The van der Waals surface area contributed by atoms with E-state index in [0.29, 0.717) is 13.1 Å². The number of carbonyl (C=O) groups excluding carboxylic acids is 1. The summed E-state index contributed by atoms with van der Waals surface area (Å²) in [6.45, 7) is 2.08. The van der Waals surface area contributed by atoms with E-state index in [1.165, 1.54) is 23.8 Å². The Hall–Kier alpha value is -2.90. The molecule has 2 N–H and O–H groups in total. The van der Waals surface area contributed by atoms with Crippen LogP contribution in [0.3, 0.4) is 0 Å². The van der Waals surface area contributed by atoms with E-state index in [2.05, 4.69) is 16.3 Å². The second-order valence-corrected chi connectivity index (χ2v) is 9.98. The van der Waals surface area contributed by atoms with E-state index >= 15 is 0 Å². The minimum atomic E-state index is -1.16. The van der Waals surface area contributed by atoms with E-state index in [0.717, 1.165) is 29.7 Å². The average Bonchev–Trinajstić information content (AvgIpc) is 2.87. The van der Waals surface area contributed by atoms with Crippen LogP contribution in [0.4, 0.5) is 4.39 Å². The van der Waals surface area contributed by atoms with Crippen LogP contribution in [-0.2, 0) is 17.8 Å². The molecular formula is C28H24Cl3FN2O3. The number of halogens is 4. The van der Waals surface area contributed by atoms with Crippen molar-refractivity contribution in [2.24, 2.45) is 0 Å². The van der Waals surface area contributed by atoms with Gasteiger partial charge in [0.1, 0.15) is 11.9 Å². The van der Waals surface area contributed by atoms with Gasteiger partial charge in [0.05, 0.1) is 20.6 Å². The van der Waals surface area contributed by atoms with Crippen molar-refractivity contribution in [2.75, 3.05) is 13.1 Å². The molecule has 5 nitrogen and oxygen atoms in total. The van der Waals surface area contributed by atoms with Crippen LogP contribution < -0.4 is 5.32 Å². The largest absolute Gasteiger partial charge is 0.480 e. The lowest BCUT2D eigenvalue weighted by molar-refractivity contribution is -0.139. The van der Waals surface area contributed by atoms with E-state index in [1.807, 2.05) is 30.3 Å². The normalized spacial score (nSPS) is 14.6. The predicted octanol–water partition coefficient (Wildman–Crippen LogP) is 6.50. The maximum absolute atomic E-state index is 13.7. The van der Waals surface area contributed by atoms with Gasteiger partial charge >= 0.3 is 5.97 Å². The molecule has 3 aromatic carbocycles. The van der Waals surface area contributed by atoms with E-state index in [1.54, 1.807) is 12.1 Å². The fourth-order valence-corrected chi connectivity index (χ4v) is 5.02. The molecular weight excluding hydrogens is 538 g/mol. The third-order valence-electron chi connectivity index (χ3n) is 6.28. The van der Waals surface area contributed by atoms with Gasteiger partial charge in [0.25, 0.3) is 5.91 Å². The zero-order chi connectivity index (χ0) is 26.5. The number of hydrogen-bond acceptors (Lipinski definition) is 3. The highest BCUT2D eigenvalue weighted by Gasteiger charge is 2.24. The number of carboxylic acid groups (broad SMARTS) is 1. The van der Waals surface area contributed by atoms with Crippen LogP contribution in [0.2, 0.25) is 15.1 Å². The van der Waals surface area contributed by atoms with Crippen LogP contribution in [0, 0.1) is 5.82 Å². The van der Waals surface area contributed by atoms with E-state index < -0.39 is 23.7 Å². The molecule has 0 radical (unpaired) electrons. The van der Waals surface area contributed by atoms with Gasteiger partial charge in [-0.05, 0) is 46.9 Å². The van der Waals surface area contributed by atoms with Crippen molar-refractivity contribution < 1.29 is 19.1 Å². The first-order valence-electron chi connectivity index (χ1n) is 11.6. The second-order valence-electron chi connectivity index (χ2n) is 8.79. The molecule has 192 valence electrons. The number of carbonyl (C=O) groups is 2. The second kappa shape index (κ2) is 12.1. The highest BCUT2D eigenvalue weighted by atomic mass is 35.5. The van der Waals surface area contributed by atoms with Crippen LogP contribution in [0.15, 0.2) is 66.7 Å². The topological polar surface area (TPSA) is 69.6 Å². The number of carboxylic acids is 1. The summed E-state index contributed by atoms with van der Waals surface area (Å²) in [6.07, 6.45) is 3.06. The molecule has 0 spiro atoms. The van der Waals surface area contributed by atoms with Gasteiger partial charge in [-0.1, -0.05) is 83.3 Å². The first kappa shape index (κ1) is 27.1. The zero-order valence-corrected chi connectivity index (χ0v) is 22.0. The predicted molar refractivity (Wildman–Crippen MR) is 145 cm³/mol. The third kappa shape index (κ3) is 6.70. The fraction of sp³-hybridized carbons (Fsp3) is 0.214. The third-order valence-corrected chi connectivity index (χ3v) is 7.33. The number of aliphatic carboxylic acids is 1. The molecule has 0 aliphatic carbocycles. The smallest absolute Gasteiger partial charge is 0.326 e. The van der Waals surface area contributed by atoms with Crippen LogP contribution in [-0.4, -0.2) is 41.0 Å². The number of rotatable bonds is 8. The van der Waals surface area contributed by atoms with Gasteiger partial charge < -0.3 is 10.4 Å². The molecule has 0 saturated carbocycles. The van der Waals surface area contributed by atoms with Gasteiger partial charge in [-0.15, -0.1) is 0 Å². The molecule has 1 atom stereocenters. The Morgan fingerprint density at radius 1 is 1.00 bits per heavy atom. The van der Waals surface area contributed by atoms with Crippen molar-refractivity contribution in [1.82, 2.24) is 10.2 Å². The van der Waals surface area contributed by atoms with Gasteiger partial charge in [0, 0.05) is 26.1 Å². The summed E-state index contributed by atoms with van der Waals surface area (Å²) in [7, 11) is 0. The molecule has 9 heteroatoms. The summed E-state index contributed by atoms with van der Waals surface area (Å²) < 4.78 is 13.7. The molecule has 1 aliphatic heterocycles. The highest BCUT2D eigenvalue weighted by Crippen LogP contribution is 2.27. The van der Waals surface area contributed by atoms with E-state index in [9.17, 15) is 19.1 Å². The number of nitrogens with one attached hydrogen (secondary N) is 1. The minimum Gasteiger partial charge on any atom is -0.480 e. The monoisotopic (exact) mass is 560 g/mol. The maximum atomic E-state index is 13.7. The number of amides is 1. The summed E-state index contributed by atoms with van der Waals surface area (Å²) in [4.78, 5) is 26.7. The van der Waals surface area contributed by atoms with Crippen molar-refractivity contribution >= 4 is 52.3 Å². The van der Waals surface area contributed by atoms with Gasteiger partial charge in [0.15, 0.2) is 0 Å². The first-order chi connectivity index (χ1) is 17.7. The Balaban J connectivity index is 1.38. The molecule has 0 saturated heterocycles. The molecule has 37 heavy (non-hydrogen) atoms. The van der Waals surface area contributed by atoms with Crippen molar-refractivity contribution in [2.45, 2.75) is 25.4 Å². The summed E-state index contributed by atoms with van der Waals surface area (Å²) in [5.41, 5.74) is 3.81. The SMILES string of the molecule is O=C(N[C@@H](Cc1ccc(C2=CCN(Cc3cccc(F)c3Cl)CC2)cc1)C(=O)O)c1c(Cl)cccc1Cl.